The van der Waals surface area contributed by atoms with Crippen LogP contribution in [-0.2, 0) is 16.1 Å². The highest BCUT2D eigenvalue weighted by molar-refractivity contribution is 6.32. The van der Waals surface area contributed by atoms with Crippen LogP contribution >= 0.6 is 11.6 Å². The van der Waals surface area contributed by atoms with Crippen molar-refractivity contribution in [2.24, 2.45) is 0 Å². The first kappa shape index (κ1) is 21.7. The van der Waals surface area contributed by atoms with Crippen LogP contribution in [0.2, 0.25) is 5.02 Å². The van der Waals surface area contributed by atoms with Gasteiger partial charge in [-0.15, -0.1) is 0 Å². The molecule has 11 heteroatoms. The van der Waals surface area contributed by atoms with Crippen molar-refractivity contribution in [3.63, 3.8) is 0 Å². The van der Waals surface area contributed by atoms with E-state index >= 15 is 0 Å². The summed E-state index contributed by atoms with van der Waals surface area (Å²) in [7, 11) is 1.51. The lowest BCUT2D eigenvalue weighted by Crippen LogP contribution is -2.31. The molecule has 166 valence electrons. The minimum Gasteiger partial charge on any atom is -0.471 e. The van der Waals surface area contributed by atoms with Crippen LogP contribution in [0.3, 0.4) is 0 Å². The number of aromatic nitrogens is 3. The van der Waals surface area contributed by atoms with E-state index in [1.54, 1.807) is 0 Å². The van der Waals surface area contributed by atoms with Crippen molar-refractivity contribution in [3.05, 3.63) is 46.5 Å². The average molecular weight is 456 g/mol. The molecule has 1 aromatic carbocycles. The van der Waals surface area contributed by atoms with Gasteiger partial charge in [-0.25, -0.2) is 8.78 Å². The number of nitrogens with zero attached hydrogens (tertiary/aromatic N) is 2. The smallest absolute Gasteiger partial charge is 0.296 e. The van der Waals surface area contributed by atoms with Gasteiger partial charge in [-0.3, -0.25) is 0 Å². The van der Waals surface area contributed by atoms with E-state index in [1.165, 1.54) is 19.2 Å². The Bertz CT molecular complexity index is 1040. The van der Waals surface area contributed by atoms with Gasteiger partial charge < -0.3 is 29.0 Å². The van der Waals surface area contributed by atoms with Gasteiger partial charge in [-0.05, 0) is 18.2 Å². The first-order valence-electron chi connectivity index (χ1n) is 9.52. The maximum absolute atomic E-state index is 13.8. The lowest BCUT2D eigenvalue weighted by atomic mass is 10.1. The molecule has 3 atom stereocenters. The van der Waals surface area contributed by atoms with Crippen LogP contribution in [0, 0.1) is 11.6 Å². The molecular weight excluding hydrogens is 436 g/mol. The second-order valence-corrected chi connectivity index (χ2v) is 7.39. The number of pyridine rings is 1. The van der Waals surface area contributed by atoms with Gasteiger partial charge in [0.1, 0.15) is 35.5 Å². The Balaban J connectivity index is 1.45. The molecule has 8 nitrogen and oxygen atoms in total. The maximum atomic E-state index is 13.8. The van der Waals surface area contributed by atoms with E-state index in [2.05, 4.69) is 15.0 Å². The van der Waals surface area contributed by atoms with Crippen molar-refractivity contribution < 1.29 is 32.8 Å². The van der Waals surface area contributed by atoms with Gasteiger partial charge in [0.15, 0.2) is 5.65 Å². The number of fused-ring (bicyclic) bond motifs is 1. The number of H-pyrrole nitrogens is 1. The Morgan fingerprint density at radius 2 is 2.10 bits per heavy atom. The minimum absolute atomic E-state index is 0.00924. The molecule has 0 amide bonds. The molecule has 3 heterocycles. The summed E-state index contributed by atoms with van der Waals surface area (Å²) >= 11 is 6.19. The van der Waals surface area contributed by atoms with E-state index in [-0.39, 0.29) is 53.5 Å². The summed E-state index contributed by atoms with van der Waals surface area (Å²) < 4.78 is 49.6. The average Bonchev–Trinajstić information content (AvgIpc) is 3.35. The zero-order valence-corrected chi connectivity index (χ0v) is 17.2. The van der Waals surface area contributed by atoms with Gasteiger partial charge >= 0.3 is 0 Å². The number of halogens is 3. The van der Waals surface area contributed by atoms with Crippen LogP contribution in [0.5, 0.6) is 11.9 Å². The van der Waals surface area contributed by atoms with Crippen LogP contribution in [0.15, 0.2) is 24.3 Å². The summed E-state index contributed by atoms with van der Waals surface area (Å²) in [4.78, 5) is 11.4. The summed E-state index contributed by atoms with van der Waals surface area (Å²) in [5.41, 5.74) is 0.550. The van der Waals surface area contributed by atoms with Crippen LogP contribution in [0.25, 0.3) is 11.2 Å². The Labute approximate surface area is 181 Å². The quantitative estimate of drug-likeness (QED) is 0.538. The largest absolute Gasteiger partial charge is 0.471 e. The van der Waals surface area contributed by atoms with Gasteiger partial charge in [0.25, 0.3) is 6.01 Å². The molecule has 1 unspecified atom stereocenters. The molecule has 0 saturated carbocycles. The highest BCUT2D eigenvalue weighted by atomic mass is 35.5. The van der Waals surface area contributed by atoms with E-state index in [0.717, 1.165) is 12.1 Å². The van der Waals surface area contributed by atoms with Gasteiger partial charge in [0.05, 0.1) is 30.4 Å². The molecular formula is C20H20ClF2N3O5. The number of aliphatic hydroxyl groups is 1. The molecule has 31 heavy (non-hydrogen) atoms. The van der Waals surface area contributed by atoms with Crippen molar-refractivity contribution in [1.29, 1.82) is 0 Å². The summed E-state index contributed by atoms with van der Waals surface area (Å²) in [5.74, 6) is -1.45. The first-order valence-corrected chi connectivity index (χ1v) is 9.90. The van der Waals surface area contributed by atoms with Crippen molar-refractivity contribution >= 4 is 22.8 Å². The second-order valence-electron chi connectivity index (χ2n) is 6.98. The third-order valence-electron chi connectivity index (χ3n) is 4.95. The van der Waals surface area contributed by atoms with Crippen LogP contribution in [0.4, 0.5) is 8.78 Å². The third-order valence-corrected chi connectivity index (χ3v) is 5.23. The predicted molar refractivity (Wildman–Crippen MR) is 106 cm³/mol. The normalized spacial score (nSPS) is 19.6. The molecule has 0 spiro atoms. The van der Waals surface area contributed by atoms with E-state index in [4.69, 9.17) is 30.5 Å². The summed E-state index contributed by atoms with van der Waals surface area (Å²) in [6.45, 7) is -0.213. The summed E-state index contributed by atoms with van der Waals surface area (Å²) in [6.07, 6.45) is -0.475. The molecule has 0 aliphatic carbocycles. The number of aromatic amines is 1. The molecule has 0 bridgehead atoms. The lowest BCUT2D eigenvalue weighted by molar-refractivity contribution is -0.0519. The van der Waals surface area contributed by atoms with Crippen LogP contribution in [-0.4, -0.2) is 58.7 Å². The first-order chi connectivity index (χ1) is 15.0. The van der Waals surface area contributed by atoms with Crippen molar-refractivity contribution in [2.45, 2.75) is 31.3 Å². The van der Waals surface area contributed by atoms with E-state index < -0.39 is 17.7 Å². The number of benzene rings is 1. The minimum atomic E-state index is -0.721. The number of hydrogen-bond acceptors (Lipinski definition) is 7. The SMILES string of the molecule is COC(CO)[C@@H]1C[C@H](Oc2nc3nc(OCc4c(F)cccc4F)c(Cl)cc3[nH]2)CO1. The molecule has 2 N–H and O–H groups in total. The predicted octanol–water partition coefficient (Wildman–Crippen LogP) is 3.01. The van der Waals surface area contributed by atoms with Gasteiger partial charge in [0, 0.05) is 13.5 Å². The highest BCUT2D eigenvalue weighted by Gasteiger charge is 2.33. The van der Waals surface area contributed by atoms with Gasteiger partial charge in [0.2, 0.25) is 5.88 Å². The number of imidazole rings is 1. The van der Waals surface area contributed by atoms with Crippen molar-refractivity contribution in [2.75, 3.05) is 20.3 Å². The topological polar surface area (TPSA) is 98.7 Å². The number of aliphatic hydroxyl groups excluding tert-OH is 1. The fourth-order valence-corrected chi connectivity index (χ4v) is 3.52. The molecule has 1 aliphatic rings. The van der Waals surface area contributed by atoms with Gasteiger partial charge in [-0.2, -0.15) is 9.97 Å². The molecule has 2 aromatic heterocycles. The number of ether oxygens (including phenoxy) is 4. The van der Waals surface area contributed by atoms with Crippen LogP contribution < -0.4 is 9.47 Å². The van der Waals surface area contributed by atoms with E-state index in [0.29, 0.717) is 18.5 Å². The van der Waals surface area contributed by atoms with Crippen molar-refractivity contribution in [3.8, 4) is 11.9 Å². The lowest BCUT2D eigenvalue weighted by Gasteiger charge is -2.18. The molecule has 4 rings (SSSR count). The molecule has 1 aliphatic heterocycles. The molecule has 0 radical (unpaired) electrons. The van der Waals surface area contributed by atoms with Gasteiger partial charge in [-0.1, -0.05) is 17.7 Å². The monoisotopic (exact) mass is 455 g/mol. The molecule has 1 fully saturated rings. The van der Waals surface area contributed by atoms with E-state index in [1.807, 2.05) is 0 Å². The van der Waals surface area contributed by atoms with Crippen molar-refractivity contribution in [1.82, 2.24) is 15.0 Å². The standard InChI is InChI=1S/C20H20ClF2N3O5/c1-28-17(7-27)16-5-10(8-29-16)31-20-24-15-6-12(21)19(25-18(15)26-20)30-9-11-13(22)3-2-4-14(11)23/h2-4,6,10,16-17,27H,5,7-9H2,1H3,(H,24,25,26)/t10-,16-,17?/m0/s1. The maximum Gasteiger partial charge on any atom is 0.296 e. The number of rotatable bonds is 8. The highest BCUT2D eigenvalue weighted by Crippen LogP contribution is 2.29. The number of methoxy groups -OCH3 is 1. The number of nitrogens with one attached hydrogen (secondary N) is 1. The Morgan fingerprint density at radius 3 is 2.81 bits per heavy atom. The summed E-state index contributed by atoms with van der Waals surface area (Å²) in [5, 5.41) is 9.47. The Hall–Kier alpha value is -2.53. The second kappa shape index (κ2) is 9.31. The Morgan fingerprint density at radius 1 is 1.32 bits per heavy atom. The fourth-order valence-electron chi connectivity index (χ4n) is 3.32. The summed E-state index contributed by atoms with van der Waals surface area (Å²) in [6, 6.07) is 5.31. The fraction of sp³-hybridized carbons (Fsp3) is 0.400. The van der Waals surface area contributed by atoms with E-state index in [9.17, 15) is 13.9 Å². The number of hydrogen-bond donors (Lipinski definition) is 2. The Kier molecular flexibility index (Phi) is 6.51. The third kappa shape index (κ3) is 4.72. The zero-order valence-electron chi connectivity index (χ0n) is 16.5. The molecule has 3 aromatic rings. The van der Waals surface area contributed by atoms with Crippen LogP contribution in [0.1, 0.15) is 12.0 Å². The molecule has 1 saturated heterocycles. The zero-order chi connectivity index (χ0) is 22.0.